The van der Waals surface area contributed by atoms with Gasteiger partial charge >= 0.3 is 5.97 Å². The molecule has 0 fully saturated rings. The van der Waals surface area contributed by atoms with Crippen molar-refractivity contribution in [3.8, 4) is 0 Å². The van der Waals surface area contributed by atoms with Crippen LogP contribution >= 0.6 is 23.1 Å². The molecule has 0 aliphatic heterocycles. The van der Waals surface area contributed by atoms with Crippen LogP contribution in [0.2, 0.25) is 0 Å². The van der Waals surface area contributed by atoms with Crippen LogP contribution < -0.4 is 5.32 Å². The summed E-state index contributed by atoms with van der Waals surface area (Å²) in [4.78, 5) is 28.6. The minimum Gasteiger partial charge on any atom is -0.465 e. The van der Waals surface area contributed by atoms with E-state index in [9.17, 15) is 18.0 Å². The minimum atomic E-state index is -3.58. The largest absolute Gasteiger partial charge is 0.465 e. The van der Waals surface area contributed by atoms with E-state index in [-0.39, 0.29) is 33.3 Å². The number of sulfone groups is 1. The molecule has 3 aromatic rings. The molecule has 13 heteroatoms. The molecule has 0 saturated heterocycles. The molecule has 0 bridgehead atoms. The van der Waals surface area contributed by atoms with E-state index >= 15 is 0 Å². The summed E-state index contributed by atoms with van der Waals surface area (Å²) in [6, 6.07) is 6.60. The van der Waals surface area contributed by atoms with E-state index in [1.807, 2.05) is 6.92 Å². The number of amides is 1. The summed E-state index contributed by atoms with van der Waals surface area (Å²) in [6.45, 7) is 3.53. The molecule has 0 aliphatic carbocycles. The third-order valence-electron chi connectivity index (χ3n) is 4.37. The summed E-state index contributed by atoms with van der Waals surface area (Å²) in [7, 11) is -0.658. The number of hydrogen-bond donors (Lipinski definition) is 1. The van der Waals surface area contributed by atoms with Crippen molar-refractivity contribution < 1.29 is 22.7 Å². The smallest absolute Gasteiger partial charge is 0.350 e. The monoisotopic (exact) mass is 495 g/mol. The Bertz CT molecular complexity index is 1250. The molecule has 0 spiro atoms. The van der Waals surface area contributed by atoms with Crippen LogP contribution in [-0.2, 0) is 32.2 Å². The Labute approximate surface area is 193 Å². The van der Waals surface area contributed by atoms with Crippen LogP contribution in [0.1, 0.15) is 26.8 Å². The minimum absolute atomic E-state index is 0.00285. The second-order valence-electron chi connectivity index (χ2n) is 6.79. The molecule has 2 aromatic heterocycles. The normalized spacial score (nSPS) is 11.4. The van der Waals surface area contributed by atoms with Crippen molar-refractivity contribution in [3.05, 3.63) is 46.2 Å². The zero-order valence-corrected chi connectivity index (χ0v) is 20.2. The Balaban J connectivity index is 1.62. The Hall–Kier alpha value is -2.77. The van der Waals surface area contributed by atoms with Crippen LogP contribution in [0.25, 0.3) is 0 Å². The van der Waals surface area contributed by atoms with Crippen LogP contribution in [0, 0.1) is 13.8 Å². The number of esters is 1. The molecule has 1 N–H and O–H groups in total. The number of nitrogens with zero attached hydrogens (tertiary/aromatic N) is 4. The zero-order valence-electron chi connectivity index (χ0n) is 17.8. The van der Waals surface area contributed by atoms with Crippen LogP contribution in [0.5, 0.6) is 0 Å². The standard InChI is InChI=1S/C19H21N5O5S3/c1-11-5-7-13(8-6-11)32(27,28)10-14-22-23-19(24(14)3)30-9-15(25)21-18-20-12(2)16(31-18)17(26)29-4/h5-8H,9-10H2,1-4H3,(H,20,21,25). The maximum atomic E-state index is 12.7. The number of rotatable bonds is 8. The third-order valence-corrected chi connectivity index (χ3v) is 8.07. The van der Waals surface area contributed by atoms with Gasteiger partial charge in [0, 0.05) is 7.05 Å². The molecule has 10 nitrogen and oxygen atoms in total. The molecule has 0 radical (unpaired) electrons. The molecule has 3 rings (SSSR count). The van der Waals surface area contributed by atoms with E-state index in [4.69, 9.17) is 0 Å². The molecule has 0 saturated carbocycles. The number of ether oxygens (including phenoxy) is 1. The van der Waals surface area contributed by atoms with E-state index in [2.05, 4.69) is 25.2 Å². The van der Waals surface area contributed by atoms with Crippen molar-refractivity contribution in [1.29, 1.82) is 0 Å². The van der Waals surface area contributed by atoms with Gasteiger partial charge in [-0.05, 0) is 26.0 Å². The molecule has 2 heterocycles. The fourth-order valence-corrected chi connectivity index (χ4v) is 5.55. The van der Waals surface area contributed by atoms with Crippen LogP contribution in [0.3, 0.4) is 0 Å². The molecule has 32 heavy (non-hydrogen) atoms. The van der Waals surface area contributed by atoms with Crippen LogP contribution in [0.4, 0.5) is 5.13 Å². The Kier molecular flexibility index (Phi) is 7.31. The second-order valence-corrected chi connectivity index (χ2v) is 10.7. The molecule has 0 atom stereocenters. The second kappa shape index (κ2) is 9.79. The van der Waals surface area contributed by atoms with Gasteiger partial charge in [0.2, 0.25) is 5.91 Å². The van der Waals surface area contributed by atoms with Crippen molar-refractivity contribution in [2.45, 2.75) is 29.7 Å². The van der Waals surface area contributed by atoms with E-state index in [1.165, 1.54) is 7.11 Å². The topological polar surface area (TPSA) is 133 Å². The van der Waals surface area contributed by atoms with Gasteiger partial charge in [-0.25, -0.2) is 18.2 Å². The molecule has 1 amide bonds. The Morgan fingerprint density at radius 1 is 1.19 bits per heavy atom. The predicted molar refractivity (Wildman–Crippen MR) is 121 cm³/mol. The third kappa shape index (κ3) is 5.53. The lowest BCUT2D eigenvalue weighted by Crippen LogP contribution is -2.14. The van der Waals surface area contributed by atoms with Gasteiger partial charge in [0.15, 0.2) is 20.1 Å². The van der Waals surface area contributed by atoms with Crippen LogP contribution in [-0.4, -0.2) is 52.9 Å². The molecule has 170 valence electrons. The number of carbonyl (C=O) groups excluding carboxylic acids is 2. The average molecular weight is 496 g/mol. The van der Waals surface area contributed by atoms with E-state index < -0.39 is 15.8 Å². The van der Waals surface area contributed by atoms with Crippen molar-refractivity contribution in [2.24, 2.45) is 7.05 Å². The first-order valence-corrected chi connectivity index (χ1v) is 12.7. The number of hydrogen-bond acceptors (Lipinski definition) is 10. The molecular weight excluding hydrogens is 474 g/mol. The Morgan fingerprint density at radius 3 is 2.53 bits per heavy atom. The highest BCUT2D eigenvalue weighted by atomic mass is 32.2. The van der Waals surface area contributed by atoms with Gasteiger partial charge in [-0.2, -0.15) is 0 Å². The number of anilines is 1. The maximum Gasteiger partial charge on any atom is 0.350 e. The lowest BCUT2D eigenvalue weighted by Gasteiger charge is -2.06. The SMILES string of the molecule is COC(=O)c1sc(NC(=O)CSc2nnc(CS(=O)(=O)c3ccc(C)cc3)n2C)nc1C. The van der Waals surface area contributed by atoms with Gasteiger partial charge in [0.1, 0.15) is 16.5 Å². The number of aromatic nitrogens is 4. The van der Waals surface area contributed by atoms with E-state index in [0.717, 1.165) is 28.7 Å². The van der Waals surface area contributed by atoms with Gasteiger partial charge in [-0.3, -0.25) is 4.79 Å². The van der Waals surface area contributed by atoms with E-state index in [0.29, 0.717) is 15.7 Å². The first-order chi connectivity index (χ1) is 15.1. The lowest BCUT2D eigenvalue weighted by molar-refractivity contribution is -0.113. The van der Waals surface area contributed by atoms with Gasteiger partial charge in [-0.15, -0.1) is 10.2 Å². The molecule has 1 aromatic carbocycles. The highest BCUT2D eigenvalue weighted by Gasteiger charge is 2.21. The number of aryl methyl sites for hydroxylation is 2. The number of carbonyl (C=O) groups is 2. The number of benzene rings is 1. The molecule has 0 unspecified atom stereocenters. The number of methoxy groups -OCH3 is 1. The van der Waals surface area contributed by atoms with Crippen molar-refractivity contribution in [2.75, 3.05) is 18.2 Å². The van der Waals surface area contributed by atoms with Crippen molar-refractivity contribution >= 4 is 49.9 Å². The number of thiazole rings is 1. The highest BCUT2D eigenvalue weighted by Crippen LogP contribution is 2.24. The predicted octanol–water partition coefficient (Wildman–Crippen LogP) is 2.38. The average Bonchev–Trinajstić information content (AvgIpc) is 3.28. The highest BCUT2D eigenvalue weighted by molar-refractivity contribution is 7.99. The zero-order chi connectivity index (χ0) is 23.5. The molecular formula is C19H21N5O5S3. The van der Waals surface area contributed by atoms with Crippen molar-refractivity contribution in [3.63, 3.8) is 0 Å². The summed E-state index contributed by atoms with van der Waals surface area (Å²) >= 11 is 2.14. The van der Waals surface area contributed by atoms with Gasteiger partial charge in [0.25, 0.3) is 0 Å². The van der Waals surface area contributed by atoms with E-state index in [1.54, 1.807) is 42.8 Å². The summed E-state index contributed by atoms with van der Waals surface area (Å²) < 4.78 is 31.5. The van der Waals surface area contributed by atoms with Crippen molar-refractivity contribution in [1.82, 2.24) is 19.7 Å². The summed E-state index contributed by atoms with van der Waals surface area (Å²) in [5.74, 6) is -0.894. The first-order valence-electron chi connectivity index (χ1n) is 9.27. The van der Waals surface area contributed by atoms with Crippen LogP contribution in [0.15, 0.2) is 34.3 Å². The van der Waals surface area contributed by atoms with Gasteiger partial charge < -0.3 is 14.6 Å². The molecule has 0 aliphatic rings. The first kappa shape index (κ1) is 23.9. The number of thioether (sulfide) groups is 1. The summed E-state index contributed by atoms with van der Waals surface area (Å²) in [6.07, 6.45) is 0. The fraction of sp³-hybridized carbons (Fsp3) is 0.316. The number of nitrogens with one attached hydrogen (secondary N) is 1. The maximum absolute atomic E-state index is 12.7. The van der Waals surface area contributed by atoms with Gasteiger partial charge in [0.05, 0.1) is 23.5 Å². The lowest BCUT2D eigenvalue weighted by atomic mass is 10.2. The Morgan fingerprint density at radius 2 is 1.88 bits per heavy atom. The quantitative estimate of drug-likeness (QED) is 0.369. The fourth-order valence-electron chi connectivity index (χ4n) is 2.61. The van der Waals surface area contributed by atoms with Gasteiger partial charge in [-0.1, -0.05) is 40.8 Å². The summed E-state index contributed by atoms with van der Waals surface area (Å²) in [5, 5.41) is 11.3. The summed E-state index contributed by atoms with van der Waals surface area (Å²) in [5.41, 5.74) is 1.44.